The summed E-state index contributed by atoms with van der Waals surface area (Å²) in [4.78, 5) is 28.8. The number of rotatable bonds is 1. The number of aryl methyl sites for hydroxylation is 1. The summed E-state index contributed by atoms with van der Waals surface area (Å²) in [5.41, 5.74) is 1.00. The van der Waals surface area contributed by atoms with Crippen LogP contribution in [0.4, 0.5) is 11.6 Å². The van der Waals surface area contributed by atoms with Crippen LogP contribution in [0, 0.1) is 6.92 Å². The number of benzene rings is 1. The minimum Gasteiger partial charge on any atom is -0.508 e. The minimum atomic E-state index is -0.630. The average molecular weight is 346 g/mol. The highest BCUT2D eigenvalue weighted by molar-refractivity contribution is 6.30. The van der Waals surface area contributed by atoms with Crippen LogP contribution >= 0.6 is 11.6 Å². The van der Waals surface area contributed by atoms with Crippen molar-refractivity contribution in [3.05, 3.63) is 66.4 Å². The van der Waals surface area contributed by atoms with Gasteiger partial charge in [0.25, 0.3) is 5.56 Å². The summed E-state index contributed by atoms with van der Waals surface area (Å²) >= 11 is 6.08. The fourth-order valence-corrected chi connectivity index (χ4v) is 3.27. The Balaban J connectivity index is 2.10. The highest BCUT2D eigenvalue weighted by atomic mass is 35.5. The van der Waals surface area contributed by atoms with E-state index >= 15 is 0 Å². The number of hydrogen-bond acceptors (Lipinski definition) is 5. The number of anilines is 2. The zero-order valence-electron chi connectivity index (χ0n) is 12.4. The van der Waals surface area contributed by atoms with Gasteiger partial charge in [0.2, 0.25) is 0 Å². The summed E-state index contributed by atoms with van der Waals surface area (Å²) in [6.45, 7) is 1.81. The number of aromatic nitrogens is 4. The number of phenols is 1. The Kier molecular flexibility index (Phi) is 3.04. The fraction of sp³-hybridized carbons (Fsp3) is 0.133. The molecule has 5 N–H and O–H groups in total. The predicted octanol–water partition coefficient (Wildman–Crippen LogP) is 1.69. The van der Waals surface area contributed by atoms with Crippen LogP contribution in [0.1, 0.15) is 28.3 Å². The molecule has 0 radical (unpaired) electrons. The van der Waals surface area contributed by atoms with Crippen LogP contribution in [-0.2, 0) is 0 Å². The molecule has 0 saturated carbocycles. The van der Waals surface area contributed by atoms with Crippen LogP contribution in [-0.4, -0.2) is 25.3 Å². The van der Waals surface area contributed by atoms with Gasteiger partial charge in [-0.1, -0.05) is 11.6 Å². The van der Waals surface area contributed by atoms with Gasteiger partial charge in [0, 0.05) is 21.8 Å². The van der Waals surface area contributed by atoms with E-state index in [9.17, 15) is 14.7 Å². The number of hydrogen-bond donors (Lipinski definition) is 5. The Labute approximate surface area is 139 Å². The molecule has 0 spiro atoms. The SMILES string of the molecule is Cc1[nH]nc2c1[C@@H](c1cc(Cl)ccc1O)c1c([nH]c(=O)[nH]c1=O)N2. The summed E-state index contributed by atoms with van der Waals surface area (Å²) in [5.74, 6) is 0.0847. The van der Waals surface area contributed by atoms with Gasteiger partial charge in [0.15, 0.2) is 5.82 Å². The Bertz CT molecular complexity index is 1080. The van der Waals surface area contributed by atoms with Gasteiger partial charge in [0.05, 0.1) is 11.5 Å². The molecular formula is C15H12ClN5O3. The van der Waals surface area contributed by atoms with E-state index in [0.717, 1.165) is 5.69 Å². The lowest BCUT2D eigenvalue weighted by atomic mass is 9.83. The van der Waals surface area contributed by atoms with Crippen LogP contribution in [0.25, 0.3) is 0 Å². The summed E-state index contributed by atoms with van der Waals surface area (Å²) in [5, 5.41) is 20.7. The van der Waals surface area contributed by atoms with E-state index < -0.39 is 17.2 Å². The number of aromatic hydroxyl groups is 1. The summed E-state index contributed by atoms with van der Waals surface area (Å²) < 4.78 is 0. The Morgan fingerprint density at radius 2 is 2.00 bits per heavy atom. The molecule has 9 heteroatoms. The molecule has 0 aliphatic carbocycles. The van der Waals surface area contributed by atoms with Gasteiger partial charge in [-0.05, 0) is 25.1 Å². The molecule has 122 valence electrons. The van der Waals surface area contributed by atoms with Crippen molar-refractivity contribution < 1.29 is 5.11 Å². The van der Waals surface area contributed by atoms with E-state index in [1.54, 1.807) is 12.1 Å². The number of H-pyrrole nitrogens is 3. The van der Waals surface area contributed by atoms with Crippen molar-refractivity contribution in [2.45, 2.75) is 12.8 Å². The molecule has 0 saturated heterocycles. The maximum absolute atomic E-state index is 12.4. The fourth-order valence-electron chi connectivity index (χ4n) is 3.09. The molecule has 2 aromatic heterocycles. The Morgan fingerprint density at radius 3 is 2.79 bits per heavy atom. The van der Waals surface area contributed by atoms with Crippen molar-refractivity contribution in [1.29, 1.82) is 0 Å². The first kappa shape index (κ1) is 14.6. The first-order chi connectivity index (χ1) is 11.5. The molecule has 0 fully saturated rings. The van der Waals surface area contributed by atoms with Crippen LogP contribution < -0.4 is 16.6 Å². The standard InChI is InChI=1S/C15H12ClN5O3/c1-5-9-10(7-4-6(16)2-3-8(7)22)11-12(17-13(9)21-20-5)18-15(24)19-14(11)23/h2-4,10,22H,1H3,(H4,17,18,19,20,21,23,24)/t10-/m1/s1. The normalized spacial score (nSPS) is 15.5. The molecule has 3 heterocycles. The van der Waals surface area contributed by atoms with Gasteiger partial charge in [0.1, 0.15) is 11.6 Å². The number of nitrogens with zero attached hydrogens (tertiary/aromatic N) is 1. The third-order valence-corrected chi connectivity index (χ3v) is 4.33. The number of fused-ring (bicyclic) bond motifs is 2. The Hall–Kier alpha value is -3.00. The molecular weight excluding hydrogens is 334 g/mol. The summed E-state index contributed by atoms with van der Waals surface area (Å²) in [6, 6.07) is 4.62. The summed E-state index contributed by atoms with van der Waals surface area (Å²) in [7, 11) is 0. The lowest BCUT2D eigenvalue weighted by molar-refractivity contribution is 0.467. The van der Waals surface area contributed by atoms with Crippen LogP contribution in [0.2, 0.25) is 5.02 Å². The molecule has 0 amide bonds. The molecule has 1 aliphatic heterocycles. The van der Waals surface area contributed by atoms with E-state index in [-0.39, 0.29) is 17.1 Å². The van der Waals surface area contributed by atoms with E-state index in [0.29, 0.717) is 22.0 Å². The zero-order valence-corrected chi connectivity index (χ0v) is 13.2. The van der Waals surface area contributed by atoms with Crippen LogP contribution in [0.15, 0.2) is 27.8 Å². The number of nitrogens with one attached hydrogen (secondary N) is 4. The van der Waals surface area contributed by atoms with Gasteiger partial charge < -0.3 is 10.4 Å². The molecule has 8 nitrogen and oxygen atoms in total. The van der Waals surface area contributed by atoms with Crippen molar-refractivity contribution in [3.63, 3.8) is 0 Å². The first-order valence-electron chi connectivity index (χ1n) is 7.12. The van der Waals surface area contributed by atoms with E-state index in [1.807, 2.05) is 6.92 Å². The van der Waals surface area contributed by atoms with Gasteiger partial charge >= 0.3 is 5.69 Å². The number of phenolic OH excluding ortho intramolecular Hbond substituents is 1. The molecule has 0 bridgehead atoms. The highest BCUT2D eigenvalue weighted by Gasteiger charge is 2.35. The van der Waals surface area contributed by atoms with Gasteiger partial charge in [-0.15, -0.1) is 0 Å². The molecule has 24 heavy (non-hydrogen) atoms. The molecule has 0 unspecified atom stereocenters. The smallest absolute Gasteiger partial charge is 0.327 e. The second-order valence-corrected chi connectivity index (χ2v) is 6.01. The lowest BCUT2D eigenvalue weighted by Gasteiger charge is -2.26. The third kappa shape index (κ3) is 2.04. The second-order valence-electron chi connectivity index (χ2n) is 5.57. The molecule has 1 atom stereocenters. The van der Waals surface area contributed by atoms with Crippen molar-refractivity contribution in [2.75, 3.05) is 5.32 Å². The van der Waals surface area contributed by atoms with Gasteiger partial charge in [-0.3, -0.25) is 19.9 Å². The highest BCUT2D eigenvalue weighted by Crippen LogP contribution is 2.45. The largest absolute Gasteiger partial charge is 0.508 e. The first-order valence-corrected chi connectivity index (χ1v) is 7.50. The minimum absolute atomic E-state index is 0.00519. The van der Waals surface area contributed by atoms with Crippen molar-refractivity contribution in [2.24, 2.45) is 0 Å². The maximum Gasteiger partial charge on any atom is 0.327 e. The second kappa shape index (κ2) is 5.00. The summed E-state index contributed by atoms with van der Waals surface area (Å²) in [6.07, 6.45) is 0. The van der Waals surface area contributed by atoms with E-state index in [4.69, 9.17) is 11.6 Å². The Morgan fingerprint density at radius 1 is 1.21 bits per heavy atom. The predicted molar refractivity (Wildman–Crippen MR) is 88.4 cm³/mol. The molecule has 4 rings (SSSR count). The quantitative estimate of drug-likeness (QED) is 0.359. The molecule has 3 aromatic rings. The zero-order chi connectivity index (χ0) is 17.0. The van der Waals surface area contributed by atoms with Crippen molar-refractivity contribution in [1.82, 2.24) is 20.2 Å². The maximum atomic E-state index is 12.4. The average Bonchev–Trinajstić information content (AvgIpc) is 2.88. The molecule has 1 aliphatic rings. The van der Waals surface area contributed by atoms with Gasteiger partial charge in [-0.25, -0.2) is 4.79 Å². The third-order valence-electron chi connectivity index (χ3n) is 4.10. The van der Waals surface area contributed by atoms with E-state index in [2.05, 4.69) is 25.5 Å². The van der Waals surface area contributed by atoms with Crippen molar-refractivity contribution in [3.8, 4) is 5.75 Å². The van der Waals surface area contributed by atoms with E-state index in [1.165, 1.54) is 6.07 Å². The topological polar surface area (TPSA) is 127 Å². The monoisotopic (exact) mass is 345 g/mol. The lowest BCUT2D eigenvalue weighted by Crippen LogP contribution is -2.31. The van der Waals surface area contributed by atoms with Crippen molar-refractivity contribution >= 4 is 23.2 Å². The van der Waals surface area contributed by atoms with Gasteiger partial charge in [-0.2, -0.15) is 5.10 Å². The van der Waals surface area contributed by atoms with Crippen LogP contribution in [0.5, 0.6) is 5.75 Å². The number of aromatic amines is 3. The number of halogens is 1. The molecule has 1 aromatic carbocycles. The van der Waals surface area contributed by atoms with Crippen LogP contribution in [0.3, 0.4) is 0 Å².